The maximum absolute atomic E-state index is 5.92. The number of nitrogens with one attached hydrogen (secondary N) is 1. The lowest BCUT2D eigenvalue weighted by Gasteiger charge is -2.06. The molecule has 0 bridgehead atoms. The van der Waals surface area contributed by atoms with Gasteiger partial charge in [-0.05, 0) is 30.8 Å². The van der Waals surface area contributed by atoms with Crippen LogP contribution in [0.2, 0.25) is 0 Å². The van der Waals surface area contributed by atoms with Crippen LogP contribution in [0, 0.1) is 0 Å². The molecule has 0 radical (unpaired) electrons. The second-order valence-electron chi connectivity index (χ2n) is 4.49. The molecule has 0 atom stereocenters. The molecule has 0 saturated carbocycles. The maximum atomic E-state index is 5.92. The van der Waals surface area contributed by atoms with Gasteiger partial charge in [-0.1, -0.05) is 31.2 Å². The summed E-state index contributed by atoms with van der Waals surface area (Å²) in [6, 6.07) is 15.7. The van der Waals surface area contributed by atoms with Gasteiger partial charge < -0.3 is 10.1 Å². The van der Waals surface area contributed by atoms with Crippen molar-refractivity contribution in [3.05, 3.63) is 60.4 Å². The third-order valence-electron chi connectivity index (χ3n) is 3.09. The number of ether oxygens (including phenoxy) is 1. The van der Waals surface area contributed by atoms with Crippen molar-refractivity contribution in [1.29, 1.82) is 0 Å². The van der Waals surface area contributed by atoms with Gasteiger partial charge in [-0.15, -0.1) is 0 Å². The van der Waals surface area contributed by atoms with Crippen LogP contribution < -0.4 is 10.1 Å². The fourth-order valence-electron chi connectivity index (χ4n) is 2.11. The van der Waals surface area contributed by atoms with E-state index in [1.807, 2.05) is 54.7 Å². The monoisotopic (exact) mass is 267 g/mol. The largest absolute Gasteiger partial charge is 0.437 e. The molecule has 0 amide bonds. The lowest BCUT2D eigenvalue weighted by Crippen LogP contribution is -2.13. The van der Waals surface area contributed by atoms with Gasteiger partial charge in [0.25, 0.3) is 0 Å². The van der Waals surface area contributed by atoms with Crippen LogP contribution in [0.25, 0.3) is 5.65 Å². The third kappa shape index (κ3) is 2.51. The number of hydrogen-bond acceptors (Lipinski definition) is 3. The standard InChI is InChI=1S/C16H17N3O/c1-2-17-12-14-16(20-13-8-4-3-5-9-13)18-15-10-6-7-11-19(14)15/h3-11,17H,2,12H2,1H3. The summed E-state index contributed by atoms with van der Waals surface area (Å²) in [6.45, 7) is 3.72. The molecule has 4 heteroatoms. The van der Waals surface area contributed by atoms with E-state index >= 15 is 0 Å². The first-order valence-corrected chi connectivity index (χ1v) is 6.78. The number of fused-ring (bicyclic) bond motifs is 1. The maximum Gasteiger partial charge on any atom is 0.242 e. The quantitative estimate of drug-likeness (QED) is 0.771. The number of aromatic nitrogens is 2. The highest BCUT2D eigenvalue weighted by atomic mass is 16.5. The molecule has 0 unspecified atom stereocenters. The molecule has 0 saturated heterocycles. The van der Waals surface area contributed by atoms with Crippen LogP contribution in [0.1, 0.15) is 12.6 Å². The Morgan fingerprint density at radius 2 is 1.90 bits per heavy atom. The van der Waals surface area contributed by atoms with E-state index in [1.54, 1.807) is 0 Å². The highest BCUT2D eigenvalue weighted by Gasteiger charge is 2.13. The average molecular weight is 267 g/mol. The van der Waals surface area contributed by atoms with Crippen LogP contribution >= 0.6 is 0 Å². The van der Waals surface area contributed by atoms with Gasteiger partial charge >= 0.3 is 0 Å². The highest BCUT2D eigenvalue weighted by molar-refractivity contribution is 5.46. The minimum absolute atomic E-state index is 0.656. The van der Waals surface area contributed by atoms with Gasteiger partial charge in [-0.2, -0.15) is 4.98 Å². The van der Waals surface area contributed by atoms with Crippen LogP contribution in [0.4, 0.5) is 0 Å². The summed E-state index contributed by atoms with van der Waals surface area (Å²) in [5.74, 6) is 1.46. The molecule has 0 aliphatic heterocycles. The second kappa shape index (κ2) is 5.75. The van der Waals surface area contributed by atoms with E-state index in [-0.39, 0.29) is 0 Å². The molecule has 2 aromatic heterocycles. The van der Waals surface area contributed by atoms with Crippen molar-refractivity contribution >= 4 is 5.65 Å². The van der Waals surface area contributed by atoms with Crippen LogP contribution in [0.5, 0.6) is 11.6 Å². The van der Waals surface area contributed by atoms with Crippen LogP contribution in [0.15, 0.2) is 54.7 Å². The molecule has 20 heavy (non-hydrogen) atoms. The second-order valence-corrected chi connectivity index (χ2v) is 4.49. The SMILES string of the molecule is CCNCc1c(Oc2ccccc2)nc2ccccn12. The summed E-state index contributed by atoms with van der Waals surface area (Å²) in [6.07, 6.45) is 2.01. The van der Waals surface area contributed by atoms with Gasteiger partial charge in [0.1, 0.15) is 17.1 Å². The van der Waals surface area contributed by atoms with E-state index in [0.29, 0.717) is 5.88 Å². The number of para-hydroxylation sites is 1. The molecule has 3 rings (SSSR count). The van der Waals surface area contributed by atoms with E-state index in [1.165, 1.54) is 0 Å². The lowest BCUT2D eigenvalue weighted by atomic mass is 10.3. The first-order chi connectivity index (χ1) is 9.88. The Morgan fingerprint density at radius 3 is 2.70 bits per heavy atom. The summed E-state index contributed by atoms with van der Waals surface area (Å²) in [5.41, 5.74) is 1.93. The average Bonchev–Trinajstić information content (AvgIpc) is 2.83. The fourth-order valence-corrected chi connectivity index (χ4v) is 2.11. The van der Waals surface area contributed by atoms with E-state index < -0.39 is 0 Å². The molecule has 1 aromatic carbocycles. The van der Waals surface area contributed by atoms with Crippen molar-refractivity contribution in [2.75, 3.05) is 6.54 Å². The fraction of sp³-hybridized carbons (Fsp3) is 0.188. The Morgan fingerprint density at radius 1 is 1.10 bits per heavy atom. The molecule has 102 valence electrons. The molecule has 0 aliphatic rings. The number of imidazole rings is 1. The lowest BCUT2D eigenvalue weighted by molar-refractivity contribution is 0.456. The molecular formula is C16H17N3O. The van der Waals surface area contributed by atoms with E-state index in [0.717, 1.165) is 30.2 Å². The summed E-state index contributed by atoms with van der Waals surface area (Å²) in [4.78, 5) is 4.56. The van der Waals surface area contributed by atoms with Crippen molar-refractivity contribution in [2.24, 2.45) is 0 Å². The zero-order valence-electron chi connectivity index (χ0n) is 11.4. The normalized spacial score (nSPS) is 10.8. The molecule has 2 heterocycles. The molecule has 3 aromatic rings. The van der Waals surface area contributed by atoms with Crippen molar-refractivity contribution in [2.45, 2.75) is 13.5 Å². The Kier molecular flexibility index (Phi) is 3.65. The summed E-state index contributed by atoms with van der Waals surface area (Å²) in [7, 11) is 0. The van der Waals surface area contributed by atoms with Crippen molar-refractivity contribution in [3.8, 4) is 11.6 Å². The molecule has 0 spiro atoms. The molecule has 1 N–H and O–H groups in total. The first-order valence-electron chi connectivity index (χ1n) is 6.78. The van der Waals surface area contributed by atoms with Gasteiger partial charge in [0.2, 0.25) is 5.88 Å². The smallest absolute Gasteiger partial charge is 0.242 e. The van der Waals surface area contributed by atoms with Crippen LogP contribution in [-0.2, 0) is 6.54 Å². The van der Waals surface area contributed by atoms with E-state index in [2.05, 4.69) is 21.6 Å². The molecule has 4 nitrogen and oxygen atoms in total. The van der Waals surface area contributed by atoms with Crippen molar-refractivity contribution in [3.63, 3.8) is 0 Å². The summed E-state index contributed by atoms with van der Waals surface area (Å²) >= 11 is 0. The Balaban J connectivity index is 2.00. The number of pyridine rings is 1. The van der Waals surface area contributed by atoms with Gasteiger partial charge in [0, 0.05) is 12.7 Å². The highest BCUT2D eigenvalue weighted by Crippen LogP contribution is 2.25. The zero-order chi connectivity index (χ0) is 13.8. The number of rotatable bonds is 5. The number of nitrogens with zero attached hydrogens (tertiary/aromatic N) is 2. The van der Waals surface area contributed by atoms with Gasteiger partial charge in [-0.3, -0.25) is 4.40 Å². The van der Waals surface area contributed by atoms with E-state index in [4.69, 9.17) is 4.74 Å². The Bertz CT molecular complexity index is 691. The van der Waals surface area contributed by atoms with Crippen molar-refractivity contribution in [1.82, 2.24) is 14.7 Å². The van der Waals surface area contributed by atoms with Gasteiger partial charge in [0.15, 0.2) is 0 Å². The number of benzene rings is 1. The number of hydrogen-bond donors (Lipinski definition) is 1. The Labute approximate surface area is 118 Å². The summed E-state index contributed by atoms with van der Waals surface area (Å²) in [5, 5.41) is 3.33. The third-order valence-corrected chi connectivity index (χ3v) is 3.09. The summed E-state index contributed by atoms with van der Waals surface area (Å²) < 4.78 is 7.98. The van der Waals surface area contributed by atoms with Crippen LogP contribution in [0.3, 0.4) is 0 Å². The topological polar surface area (TPSA) is 38.6 Å². The minimum atomic E-state index is 0.656. The van der Waals surface area contributed by atoms with Gasteiger partial charge in [0.05, 0.1) is 0 Å². The molecule has 0 fully saturated rings. The van der Waals surface area contributed by atoms with Gasteiger partial charge in [-0.25, -0.2) is 0 Å². The molecular weight excluding hydrogens is 250 g/mol. The predicted molar refractivity (Wildman–Crippen MR) is 79.1 cm³/mol. The molecule has 0 aliphatic carbocycles. The zero-order valence-corrected chi connectivity index (χ0v) is 11.4. The minimum Gasteiger partial charge on any atom is -0.437 e. The first kappa shape index (κ1) is 12.7. The van der Waals surface area contributed by atoms with E-state index in [9.17, 15) is 0 Å². The Hall–Kier alpha value is -2.33. The predicted octanol–water partition coefficient (Wildman–Crippen LogP) is 3.24. The van der Waals surface area contributed by atoms with Crippen LogP contribution in [-0.4, -0.2) is 15.9 Å². The van der Waals surface area contributed by atoms with Crippen molar-refractivity contribution < 1.29 is 4.74 Å².